The van der Waals surface area contributed by atoms with Crippen LogP contribution >= 0.6 is 11.6 Å². The number of aromatic nitrogens is 4. The summed E-state index contributed by atoms with van der Waals surface area (Å²) in [5.41, 5.74) is 7.54. The molecule has 3 aromatic rings. The van der Waals surface area contributed by atoms with Crippen LogP contribution in [-0.2, 0) is 11.3 Å². The highest BCUT2D eigenvalue weighted by molar-refractivity contribution is 6.30. The summed E-state index contributed by atoms with van der Waals surface area (Å²) in [7, 11) is 0. The van der Waals surface area contributed by atoms with Gasteiger partial charge in [0.05, 0.1) is 12.9 Å². The van der Waals surface area contributed by atoms with Crippen molar-refractivity contribution in [2.24, 2.45) is 0 Å². The number of halogens is 1. The predicted octanol–water partition coefficient (Wildman–Crippen LogP) is 0.285. The van der Waals surface area contributed by atoms with Gasteiger partial charge in [0.15, 0.2) is 23.2 Å². The normalized spacial score (nSPS) is 24.7. The maximum Gasteiger partial charge on any atom is 0.224 e. The number of ether oxygens (including phenoxy) is 1. The number of aliphatic hydroxyl groups is 3. The molecule has 1 fully saturated rings. The average Bonchev–Trinajstić information content (AvgIpc) is 3.21. The van der Waals surface area contributed by atoms with Crippen molar-refractivity contribution in [1.29, 1.82) is 0 Å². The average molecular weight is 407 g/mol. The molecule has 0 aliphatic carbocycles. The third kappa shape index (κ3) is 3.36. The molecule has 28 heavy (non-hydrogen) atoms. The fourth-order valence-corrected chi connectivity index (χ4v) is 3.40. The molecular formula is C17H19ClN6O4. The van der Waals surface area contributed by atoms with E-state index in [1.54, 1.807) is 6.07 Å². The Bertz CT molecular complexity index is 999. The van der Waals surface area contributed by atoms with Gasteiger partial charge in [0.25, 0.3) is 0 Å². The van der Waals surface area contributed by atoms with E-state index in [2.05, 4.69) is 20.3 Å². The van der Waals surface area contributed by atoms with Crippen LogP contribution in [0.15, 0.2) is 30.6 Å². The Morgan fingerprint density at radius 1 is 1.25 bits per heavy atom. The Morgan fingerprint density at radius 2 is 2.07 bits per heavy atom. The first-order chi connectivity index (χ1) is 13.5. The van der Waals surface area contributed by atoms with E-state index in [0.29, 0.717) is 28.5 Å². The number of benzene rings is 1. The summed E-state index contributed by atoms with van der Waals surface area (Å²) in [5, 5.41) is 33.3. The molecule has 0 amide bonds. The molecule has 6 N–H and O–H groups in total. The van der Waals surface area contributed by atoms with Crippen LogP contribution in [-0.4, -0.2) is 59.8 Å². The van der Waals surface area contributed by atoms with E-state index in [1.807, 2.05) is 18.2 Å². The summed E-state index contributed by atoms with van der Waals surface area (Å²) in [6.45, 7) is 0.0117. The second-order valence-corrected chi connectivity index (χ2v) is 6.90. The van der Waals surface area contributed by atoms with Gasteiger partial charge in [-0.05, 0) is 17.7 Å². The molecule has 4 atom stereocenters. The lowest BCUT2D eigenvalue weighted by Gasteiger charge is -2.16. The molecule has 1 saturated heterocycles. The SMILES string of the molecule is Nc1nc(NCc2cccc(Cl)c2)c2ncn([C@@H]3O[C@H](CO)[C@@H](O)[C@H]3O)c2n1. The van der Waals surface area contributed by atoms with E-state index in [1.165, 1.54) is 10.9 Å². The first-order valence-corrected chi connectivity index (χ1v) is 8.96. The smallest absolute Gasteiger partial charge is 0.224 e. The van der Waals surface area contributed by atoms with Crippen molar-refractivity contribution < 1.29 is 20.1 Å². The fraction of sp³-hybridized carbons (Fsp3) is 0.353. The van der Waals surface area contributed by atoms with E-state index in [0.717, 1.165) is 5.56 Å². The molecule has 3 heterocycles. The minimum atomic E-state index is -1.26. The van der Waals surface area contributed by atoms with Crippen LogP contribution in [0, 0.1) is 0 Å². The zero-order chi connectivity index (χ0) is 19.8. The number of nitrogens with two attached hydrogens (primary N) is 1. The van der Waals surface area contributed by atoms with Gasteiger partial charge >= 0.3 is 0 Å². The monoisotopic (exact) mass is 406 g/mol. The highest BCUT2D eigenvalue weighted by Gasteiger charge is 2.44. The van der Waals surface area contributed by atoms with Crippen LogP contribution in [0.2, 0.25) is 5.02 Å². The van der Waals surface area contributed by atoms with E-state index < -0.39 is 31.1 Å². The van der Waals surface area contributed by atoms with Crippen LogP contribution in [0.1, 0.15) is 11.8 Å². The first-order valence-electron chi connectivity index (χ1n) is 8.58. The lowest BCUT2D eigenvalue weighted by molar-refractivity contribution is -0.0511. The van der Waals surface area contributed by atoms with Crippen LogP contribution in [0.3, 0.4) is 0 Å². The summed E-state index contributed by atoms with van der Waals surface area (Å²) >= 11 is 6.01. The quantitative estimate of drug-likeness (QED) is 0.402. The molecule has 0 saturated carbocycles. The van der Waals surface area contributed by atoms with Crippen molar-refractivity contribution in [2.75, 3.05) is 17.7 Å². The van der Waals surface area contributed by atoms with Gasteiger partial charge in [0.1, 0.15) is 18.3 Å². The van der Waals surface area contributed by atoms with Gasteiger partial charge < -0.3 is 31.1 Å². The molecular weight excluding hydrogens is 388 g/mol. The van der Waals surface area contributed by atoms with Crippen molar-refractivity contribution in [3.8, 4) is 0 Å². The summed E-state index contributed by atoms with van der Waals surface area (Å²) in [4.78, 5) is 12.7. The van der Waals surface area contributed by atoms with E-state index >= 15 is 0 Å². The van der Waals surface area contributed by atoms with Crippen molar-refractivity contribution in [2.45, 2.75) is 31.1 Å². The Kier molecular flexibility index (Phi) is 5.04. The highest BCUT2D eigenvalue weighted by Crippen LogP contribution is 2.32. The van der Waals surface area contributed by atoms with Crippen molar-refractivity contribution in [3.63, 3.8) is 0 Å². The largest absolute Gasteiger partial charge is 0.394 e. The van der Waals surface area contributed by atoms with Crippen LogP contribution in [0.25, 0.3) is 11.2 Å². The third-order valence-electron chi connectivity index (χ3n) is 4.58. The Labute approximate surface area is 164 Å². The van der Waals surface area contributed by atoms with Crippen molar-refractivity contribution >= 4 is 34.5 Å². The van der Waals surface area contributed by atoms with Gasteiger partial charge in [-0.2, -0.15) is 9.97 Å². The van der Waals surface area contributed by atoms with Crippen molar-refractivity contribution in [3.05, 3.63) is 41.2 Å². The van der Waals surface area contributed by atoms with E-state index in [-0.39, 0.29) is 5.95 Å². The Morgan fingerprint density at radius 3 is 2.79 bits per heavy atom. The molecule has 1 aliphatic heterocycles. The van der Waals surface area contributed by atoms with Gasteiger partial charge in [0, 0.05) is 11.6 Å². The summed E-state index contributed by atoms with van der Waals surface area (Å²) < 4.78 is 7.01. The molecule has 0 spiro atoms. The Hall–Kier alpha value is -2.50. The number of hydrogen-bond acceptors (Lipinski definition) is 9. The van der Waals surface area contributed by atoms with E-state index in [9.17, 15) is 15.3 Å². The second-order valence-electron chi connectivity index (χ2n) is 6.47. The minimum absolute atomic E-state index is 0.00888. The molecule has 1 aromatic carbocycles. The number of nitrogen functional groups attached to an aromatic ring is 1. The topological polar surface area (TPSA) is 152 Å². The Balaban J connectivity index is 1.65. The predicted molar refractivity (Wildman–Crippen MR) is 102 cm³/mol. The van der Waals surface area contributed by atoms with Crippen LogP contribution in [0.5, 0.6) is 0 Å². The number of fused-ring (bicyclic) bond motifs is 1. The summed E-state index contributed by atoms with van der Waals surface area (Å²) in [6.07, 6.45) is -2.94. The fourth-order valence-electron chi connectivity index (χ4n) is 3.19. The molecule has 4 rings (SSSR count). The van der Waals surface area contributed by atoms with Crippen LogP contribution < -0.4 is 11.1 Å². The molecule has 0 unspecified atom stereocenters. The number of imidazole rings is 1. The standard InChI is InChI=1S/C17H19ClN6O4/c18-9-3-1-2-8(4-9)5-20-14-11-15(23-17(19)22-14)24(7-21-11)16-13(27)12(26)10(6-25)28-16/h1-4,7,10,12-13,16,25-27H,5-6H2,(H3,19,20,22,23)/t10-,12-,13-,16-/m1/s1. The van der Waals surface area contributed by atoms with Crippen molar-refractivity contribution in [1.82, 2.24) is 19.5 Å². The summed E-state index contributed by atoms with van der Waals surface area (Å²) in [6, 6.07) is 7.38. The maximum atomic E-state index is 10.3. The number of hydrogen-bond donors (Lipinski definition) is 5. The molecule has 148 valence electrons. The van der Waals surface area contributed by atoms with Crippen LogP contribution in [0.4, 0.5) is 11.8 Å². The highest BCUT2D eigenvalue weighted by atomic mass is 35.5. The van der Waals surface area contributed by atoms with Gasteiger partial charge in [-0.3, -0.25) is 4.57 Å². The second kappa shape index (κ2) is 7.49. The van der Waals surface area contributed by atoms with Gasteiger partial charge in [0.2, 0.25) is 5.95 Å². The number of anilines is 2. The molecule has 0 radical (unpaired) electrons. The van der Waals surface area contributed by atoms with Gasteiger partial charge in [-0.25, -0.2) is 4.98 Å². The molecule has 0 bridgehead atoms. The zero-order valence-electron chi connectivity index (χ0n) is 14.6. The van der Waals surface area contributed by atoms with E-state index in [4.69, 9.17) is 22.1 Å². The van der Waals surface area contributed by atoms with Gasteiger partial charge in [-0.15, -0.1) is 0 Å². The summed E-state index contributed by atoms with van der Waals surface area (Å²) in [5.74, 6) is 0.419. The zero-order valence-corrected chi connectivity index (χ0v) is 15.4. The maximum absolute atomic E-state index is 10.3. The lowest BCUT2D eigenvalue weighted by Crippen LogP contribution is -2.33. The number of nitrogens with zero attached hydrogens (tertiary/aromatic N) is 4. The molecule has 2 aromatic heterocycles. The van der Waals surface area contributed by atoms with Gasteiger partial charge in [-0.1, -0.05) is 23.7 Å². The lowest BCUT2D eigenvalue weighted by atomic mass is 10.1. The number of nitrogens with one attached hydrogen (secondary N) is 1. The molecule has 10 nitrogen and oxygen atoms in total. The third-order valence-corrected chi connectivity index (χ3v) is 4.81. The number of rotatable bonds is 5. The number of aliphatic hydroxyl groups excluding tert-OH is 3. The minimum Gasteiger partial charge on any atom is -0.394 e. The first kappa shape index (κ1) is 18.8. The molecule has 1 aliphatic rings. The molecule has 11 heteroatoms.